The number of aliphatic hydroxyl groups excluding tert-OH is 1. The van der Waals surface area contributed by atoms with Crippen molar-refractivity contribution in [3.05, 3.63) is 29.6 Å². The lowest BCUT2D eigenvalue weighted by Gasteiger charge is -2.17. The van der Waals surface area contributed by atoms with E-state index < -0.39 is 15.9 Å². The van der Waals surface area contributed by atoms with E-state index in [0.717, 1.165) is 30.4 Å². The molecule has 16 heavy (non-hydrogen) atoms. The van der Waals surface area contributed by atoms with E-state index in [9.17, 15) is 13.5 Å². The standard InChI is InChI=1S/C11H15NO3S/c1-16(14,15)7-10(13)9-5-4-8-3-2-6-12-11(8)9/h2-3,6,9-10,13H,4-5,7H2,1H3. The molecule has 4 nitrogen and oxygen atoms in total. The van der Waals surface area contributed by atoms with Gasteiger partial charge in [0, 0.05) is 24.1 Å². The Kier molecular flexibility index (Phi) is 2.99. The molecule has 1 N–H and O–H groups in total. The molecule has 0 radical (unpaired) electrons. The Hall–Kier alpha value is -0.940. The van der Waals surface area contributed by atoms with Crippen LogP contribution in [0.15, 0.2) is 18.3 Å². The van der Waals surface area contributed by atoms with Crippen LogP contribution in [0, 0.1) is 0 Å². The molecule has 0 fully saturated rings. The summed E-state index contributed by atoms with van der Waals surface area (Å²) in [6.07, 6.45) is 3.64. The number of aryl methyl sites for hydroxylation is 1. The number of nitrogens with zero attached hydrogens (tertiary/aromatic N) is 1. The predicted molar refractivity (Wildman–Crippen MR) is 61.0 cm³/mol. The van der Waals surface area contributed by atoms with Gasteiger partial charge in [-0.25, -0.2) is 8.42 Å². The highest BCUT2D eigenvalue weighted by molar-refractivity contribution is 7.90. The Balaban J connectivity index is 2.19. The quantitative estimate of drug-likeness (QED) is 0.837. The Morgan fingerprint density at radius 2 is 2.38 bits per heavy atom. The van der Waals surface area contributed by atoms with Crippen LogP contribution in [0.2, 0.25) is 0 Å². The van der Waals surface area contributed by atoms with Crippen molar-refractivity contribution in [1.29, 1.82) is 0 Å². The number of hydrogen-bond acceptors (Lipinski definition) is 4. The van der Waals surface area contributed by atoms with Crippen LogP contribution >= 0.6 is 0 Å². The molecule has 2 rings (SSSR count). The van der Waals surface area contributed by atoms with Crippen LogP contribution in [0.25, 0.3) is 0 Å². The number of rotatable bonds is 3. The van der Waals surface area contributed by atoms with Crippen LogP contribution in [0.5, 0.6) is 0 Å². The van der Waals surface area contributed by atoms with Gasteiger partial charge in [-0.2, -0.15) is 0 Å². The predicted octanol–water partition coefficient (Wildman–Crippen LogP) is 0.517. The number of fused-ring (bicyclic) bond motifs is 1. The topological polar surface area (TPSA) is 67.3 Å². The molecule has 0 amide bonds. The van der Waals surface area contributed by atoms with Gasteiger partial charge in [-0.15, -0.1) is 0 Å². The molecular formula is C11H15NO3S. The fourth-order valence-corrected chi connectivity index (χ4v) is 3.10. The molecule has 1 aromatic heterocycles. The second kappa shape index (κ2) is 4.14. The molecule has 0 saturated carbocycles. The molecule has 0 aliphatic heterocycles. The van der Waals surface area contributed by atoms with Crippen LogP contribution in [0.4, 0.5) is 0 Å². The zero-order valence-corrected chi connectivity index (χ0v) is 9.94. The smallest absolute Gasteiger partial charge is 0.150 e. The Bertz CT molecular complexity index is 484. The van der Waals surface area contributed by atoms with Crippen molar-refractivity contribution in [3.63, 3.8) is 0 Å². The van der Waals surface area contributed by atoms with Crippen LogP contribution < -0.4 is 0 Å². The molecule has 1 heterocycles. The van der Waals surface area contributed by atoms with Crippen molar-refractivity contribution in [2.24, 2.45) is 0 Å². The molecule has 88 valence electrons. The van der Waals surface area contributed by atoms with Gasteiger partial charge in [-0.3, -0.25) is 4.98 Å². The van der Waals surface area contributed by atoms with Crippen molar-refractivity contribution in [3.8, 4) is 0 Å². The Morgan fingerprint density at radius 3 is 3.06 bits per heavy atom. The van der Waals surface area contributed by atoms with Crippen molar-refractivity contribution >= 4 is 9.84 Å². The third kappa shape index (κ3) is 2.41. The van der Waals surface area contributed by atoms with Crippen LogP contribution in [-0.4, -0.2) is 36.6 Å². The maximum atomic E-state index is 11.1. The van der Waals surface area contributed by atoms with Gasteiger partial charge in [0.2, 0.25) is 0 Å². The highest BCUT2D eigenvalue weighted by atomic mass is 32.2. The van der Waals surface area contributed by atoms with Gasteiger partial charge in [-0.1, -0.05) is 6.07 Å². The van der Waals surface area contributed by atoms with Crippen LogP contribution in [0.3, 0.4) is 0 Å². The minimum Gasteiger partial charge on any atom is -0.391 e. The van der Waals surface area contributed by atoms with Gasteiger partial charge in [0.05, 0.1) is 11.9 Å². The Labute approximate surface area is 95.3 Å². The van der Waals surface area contributed by atoms with E-state index in [1.807, 2.05) is 12.1 Å². The average Bonchev–Trinajstić information content (AvgIpc) is 2.58. The number of hydrogen-bond donors (Lipinski definition) is 1. The maximum absolute atomic E-state index is 11.1. The van der Waals surface area contributed by atoms with Crippen molar-refractivity contribution in [2.75, 3.05) is 12.0 Å². The summed E-state index contributed by atoms with van der Waals surface area (Å²) >= 11 is 0. The fourth-order valence-electron chi connectivity index (χ4n) is 2.24. The summed E-state index contributed by atoms with van der Waals surface area (Å²) in [7, 11) is -3.14. The molecule has 0 spiro atoms. The molecular weight excluding hydrogens is 226 g/mol. The number of aromatic nitrogens is 1. The molecule has 5 heteroatoms. The molecule has 1 aliphatic carbocycles. The van der Waals surface area contributed by atoms with E-state index in [2.05, 4.69) is 4.98 Å². The van der Waals surface area contributed by atoms with E-state index in [-0.39, 0.29) is 11.7 Å². The summed E-state index contributed by atoms with van der Waals surface area (Å²) in [5.41, 5.74) is 1.98. The lowest BCUT2D eigenvalue weighted by Crippen LogP contribution is -2.26. The highest BCUT2D eigenvalue weighted by Gasteiger charge is 2.31. The second-order valence-electron chi connectivity index (χ2n) is 4.35. The second-order valence-corrected chi connectivity index (χ2v) is 6.54. The summed E-state index contributed by atoms with van der Waals surface area (Å²) in [5, 5.41) is 9.91. The van der Waals surface area contributed by atoms with Crippen molar-refractivity contribution < 1.29 is 13.5 Å². The third-order valence-corrected chi connectivity index (χ3v) is 3.89. The van der Waals surface area contributed by atoms with Gasteiger partial charge < -0.3 is 5.11 Å². The monoisotopic (exact) mass is 241 g/mol. The maximum Gasteiger partial charge on any atom is 0.150 e. The summed E-state index contributed by atoms with van der Waals surface area (Å²) in [6, 6.07) is 3.85. The normalized spacial score (nSPS) is 21.8. The highest BCUT2D eigenvalue weighted by Crippen LogP contribution is 2.33. The number of sulfone groups is 1. The van der Waals surface area contributed by atoms with Gasteiger partial charge >= 0.3 is 0 Å². The first-order chi connectivity index (χ1) is 7.47. The SMILES string of the molecule is CS(=O)(=O)CC(O)C1CCc2cccnc21. The minimum atomic E-state index is -3.14. The first kappa shape index (κ1) is 11.5. The summed E-state index contributed by atoms with van der Waals surface area (Å²) < 4.78 is 22.3. The van der Waals surface area contributed by atoms with Crippen molar-refractivity contribution in [2.45, 2.75) is 24.9 Å². The van der Waals surface area contributed by atoms with Crippen molar-refractivity contribution in [1.82, 2.24) is 4.98 Å². The van der Waals surface area contributed by atoms with E-state index in [1.54, 1.807) is 6.20 Å². The molecule has 2 unspecified atom stereocenters. The molecule has 1 aliphatic rings. The average molecular weight is 241 g/mol. The Morgan fingerprint density at radius 1 is 1.62 bits per heavy atom. The number of pyridine rings is 1. The summed E-state index contributed by atoms with van der Waals surface area (Å²) in [4.78, 5) is 4.24. The zero-order valence-electron chi connectivity index (χ0n) is 9.13. The first-order valence-corrected chi connectivity index (χ1v) is 7.33. The largest absolute Gasteiger partial charge is 0.391 e. The van der Waals surface area contributed by atoms with E-state index >= 15 is 0 Å². The van der Waals surface area contributed by atoms with Gasteiger partial charge in [0.1, 0.15) is 9.84 Å². The van der Waals surface area contributed by atoms with Crippen LogP contribution in [0.1, 0.15) is 23.6 Å². The fraction of sp³-hybridized carbons (Fsp3) is 0.545. The van der Waals surface area contributed by atoms with Crippen LogP contribution in [-0.2, 0) is 16.3 Å². The van der Waals surface area contributed by atoms with Gasteiger partial charge in [-0.05, 0) is 24.5 Å². The van der Waals surface area contributed by atoms with Gasteiger partial charge in [0.15, 0.2) is 0 Å². The lowest BCUT2D eigenvalue weighted by molar-refractivity contribution is 0.163. The van der Waals surface area contributed by atoms with E-state index in [1.165, 1.54) is 0 Å². The minimum absolute atomic E-state index is 0.133. The van der Waals surface area contributed by atoms with E-state index in [0.29, 0.717) is 0 Å². The first-order valence-electron chi connectivity index (χ1n) is 5.27. The zero-order chi connectivity index (χ0) is 11.8. The molecule has 1 aromatic rings. The molecule has 0 saturated heterocycles. The summed E-state index contributed by atoms with van der Waals surface area (Å²) in [5.74, 6) is -0.320. The molecule has 0 bridgehead atoms. The third-order valence-electron chi connectivity index (χ3n) is 2.94. The van der Waals surface area contributed by atoms with E-state index in [4.69, 9.17) is 0 Å². The molecule has 0 aromatic carbocycles. The molecule has 2 atom stereocenters. The van der Waals surface area contributed by atoms with Gasteiger partial charge in [0.25, 0.3) is 0 Å². The summed E-state index contributed by atoms with van der Waals surface area (Å²) in [6.45, 7) is 0. The lowest BCUT2D eigenvalue weighted by atomic mass is 10.0. The number of aliphatic hydroxyl groups is 1.